The largest absolute Gasteiger partial charge is 0.418 e. The average Bonchev–Trinajstić information content (AvgIpc) is 3.35. The Hall–Kier alpha value is -4.20. The minimum atomic E-state index is -4.60. The number of carbonyl (C=O) groups is 3. The number of nitrogens with one attached hydrogen (secondary N) is 5. The fourth-order valence-corrected chi connectivity index (χ4v) is 5.68. The number of amides is 4. The summed E-state index contributed by atoms with van der Waals surface area (Å²) in [5.74, 6) is -1.82. The van der Waals surface area contributed by atoms with E-state index in [9.17, 15) is 31.9 Å². The molecule has 3 atom stereocenters. The summed E-state index contributed by atoms with van der Waals surface area (Å²) in [6, 6.07) is 7.98. The summed E-state index contributed by atoms with van der Waals surface area (Å²) < 4.78 is 54.4. The summed E-state index contributed by atoms with van der Waals surface area (Å²) in [4.78, 5) is 42.4. The zero-order valence-electron chi connectivity index (χ0n) is 24.2. The van der Waals surface area contributed by atoms with Gasteiger partial charge < -0.3 is 32.0 Å². The summed E-state index contributed by atoms with van der Waals surface area (Å²) in [5, 5.41) is 10.9. The van der Waals surface area contributed by atoms with E-state index in [2.05, 4.69) is 26.3 Å². The SMILES string of the molecule is CC[C@H](C)C(NC(=O)C1(NC(=O)CNC(=O)NCc2ccc(F)cc2)CCc2[nH]c3c(C(F)(F)F)cccc3c2C1)C(N)=S. The number of carbonyl (C=O) groups excluding carboxylic acids is 3. The van der Waals surface area contributed by atoms with E-state index >= 15 is 0 Å². The zero-order valence-corrected chi connectivity index (χ0v) is 25.0. The van der Waals surface area contributed by atoms with Crippen LogP contribution < -0.4 is 27.0 Å². The molecule has 1 aliphatic carbocycles. The minimum absolute atomic E-state index is 0.0621. The molecular formula is C30H34F4N6O3S. The number of H-pyrrole nitrogens is 1. The Morgan fingerprint density at radius 3 is 2.45 bits per heavy atom. The van der Waals surface area contributed by atoms with Crippen molar-refractivity contribution in [1.82, 2.24) is 26.3 Å². The second kappa shape index (κ2) is 13.2. The maximum absolute atomic E-state index is 13.9. The Balaban J connectivity index is 1.57. The van der Waals surface area contributed by atoms with Crippen molar-refractivity contribution in [1.29, 1.82) is 0 Å². The number of alkyl halides is 3. The van der Waals surface area contributed by atoms with Crippen LogP contribution in [0.1, 0.15) is 49.1 Å². The van der Waals surface area contributed by atoms with Crippen LogP contribution in [0.4, 0.5) is 22.4 Å². The van der Waals surface area contributed by atoms with Crippen molar-refractivity contribution in [2.45, 2.75) is 63.8 Å². The molecule has 44 heavy (non-hydrogen) atoms. The van der Waals surface area contributed by atoms with Crippen molar-refractivity contribution in [2.75, 3.05) is 6.54 Å². The second-order valence-corrected chi connectivity index (χ2v) is 11.5. The molecule has 0 spiro atoms. The molecule has 1 heterocycles. The van der Waals surface area contributed by atoms with Crippen LogP contribution in [0, 0.1) is 11.7 Å². The van der Waals surface area contributed by atoms with Gasteiger partial charge in [-0.2, -0.15) is 13.2 Å². The Morgan fingerprint density at radius 2 is 1.82 bits per heavy atom. The molecule has 0 fully saturated rings. The van der Waals surface area contributed by atoms with Crippen molar-refractivity contribution in [3.8, 4) is 0 Å². The zero-order chi connectivity index (χ0) is 32.2. The topological polar surface area (TPSA) is 141 Å². The molecule has 1 aliphatic rings. The summed E-state index contributed by atoms with van der Waals surface area (Å²) in [5.41, 5.74) is 5.10. The van der Waals surface area contributed by atoms with E-state index in [1.807, 2.05) is 13.8 Å². The third-order valence-corrected chi connectivity index (χ3v) is 8.26. The highest BCUT2D eigenvalue weighted by molar-refractivity contribution is 7.80. The lowest BCUT2D eigenvalue weighted by Crippen LogP contribution is -2.65. The lowest BCUT2D eigenvalue weighted by Gasteiger charge is -2.38. The molecule has 14 heteroatoms. The molecule has 0 aliphatic heterocycles. The number of halogens is 4. The number of para-hydroxylation sites is 1. The van der Waals surface area contributed by atoms with Crippen LogP contribution in [0.15, 0.2) is 42.5 Å². The number of nitrogens with two attached hydrogens (primary N) is 1. The first-order chi connectivity index (χ1) is 20.7. The number of fused-ring (bicyclic) bond motifs is 3. The molecule has 4 amide bonds. The highest BCUT2D eigenvalue weighted by atomic mass is 32.1. The standard InChI is InChI=1S/C30H34F4N6O3S/c1-3-16(2)24(26(35)44)39-27(42)29(40-23(41)15-37-28(43)36-14-17-7-9-18(31)10-8-17)12-11-22-20(13-29)19-5-4-6-21(25(19)38-22)30(32,33)34/h4-10,16,24,38H,3,11-15H2,1-2H3,(H2,35,44)(H,39,42)(H,40,41)(H2,36,37,43)/t16-,24?,29?/m0/s1. The maximum atomic E-state index is 13.9. The van der Waals surface area contributed by atoms with E-state index in [4.69, 9.17) is 18.0 Å². The fraction of sp³-hybridized carbons (Fsp3) is 0.400. The molecule has 1 aromatic heterocycles. The van der Waals surface area contributed by atoms with Crippen molar-refractivity contribution in [3.63, 3.8) is 0 Å². The van der Waals surface area contributed by atoms with Gasteiger partial charge in [-0.05, 0) is 48.1 Å². The predicted molar refractivity (Wildman–Crippen MR) is 161 cm³/mol. The number of urea groups is 1. The first-order valence-corrected chi connectivity index (χ1v) is 14.5. The molecule has 0 radical (unpaired) electrons. The van der Waals surface area contributed by atoms with Crippen LogP contribution in [0.2, 0.25) is 0 Å². The minimum Gasteiger partial charge on any atom is -0.392 e. The second-order valence-electron chi connectivity index (χ2n) is 11.0. The van der Waals surface area contributed by atoms with Crippen molar-refractivity contribution < 1.29 is 31.9 Å². The van der Waals surface area contributed by atoms with Gasteiger partial charge in [-0.25, -0.2) is 9.18 Å². The van der Waals surface area contributed by atoms with Crippen molar-refractivity contribution >= 4 is 46.0 Å². The van der Waals surface area contributed by atoms with Crippen LogP contribution in [0.25, 0.3) is 10.9 Å². The molecule has 9 nitrogen and oxygen atoms in total. The van der Waals surface area contributed by atoms with E-state index in [1.54, 1.807) is 6.07 Å². The first kappa shape index (κ1) is 32.7. The summed E-state index contributed by atoms with van der Waals surface area (Å²) >= 11 is 5.19. The highest BCUT2D eigenvalue weighted by Crippen LogP contribution is 2.40. The lowest BCUT2D eigenvalue weighted by atomic mass is 9.78. The molecule has 236 valence electrons. The quantitative estimate of drug-likeness (QED) is 0.148. The van der Waals surface area contributed by atoms with Gasteiger partial charge in [0.1, 0.15) is 11.4 Å². The van der Waals surface area contributed by atoms with Crippen LogP contribution in [0.3, 0.4) is 0 Å². The van der Waals surface area contributed by atoms with Crippen LogP contribution in [0.5, 0.6) is 0 Å². The first-order valence-electron chi connectivity index (χ1n) is 14.1. The van der Waals surface area contributed by atoms with Crippen LogP contribution in [-0.4, -0.2) is 45.9 Å². The van der Waals surface area contributed by atoms with Gasteiger partial charge in [0.2, 0.25) is 11.8 Å². The van der Waals surface area contributed by atoms with E-state index in [0.29, 0.717) is 28.6 Å². The van der Waals surface area contributed by atoms with Gasteiger partial charge in [-0.3, -0.25) is 9.59 Å². The van der Waals surface area contributed by atoms with Gasteiger partial charge in [0.05, 0.1) is 28.7 Å². The third kappa shape index (κ3) is 7.29. The molecule has 3 aromatic rings. The Kier molecular flexibility index (Phi) is 9.81. The van der Waals surface area contributed by atoms with E-state index < -0.39 is 53.5 Å². The molecule has 0 saturated carbocycles. The third-order valence-electron chi connectivity index (χ3n) is 8.01. The number of aromatic amines is 1. The predicted octanol–water partition coefficient (Wildman–Crippen LogP) is 3.99. The average molecular weight is 635 g/mol. The number of rotatable bonds is 10. The van der Waals surface area contributed by atoms with Gasteiger partial charge in [-0.15, -0.1) is 0 Å². The Bertz CT molecular complexity index is 1560. The highest BCUT2D eigenvalue weighted by Gasteiger charge is 2.45. The van der Waals surface area contributed by atoms with E-state index in [0.717, 1.165) is 6.07 Å². The van der Waals surface area contributed by atoms with Crippen molar-refractivity contribution in [3.05, 3.63) is 70.7 Å². The maximum Gasteiger partial charge on any atom is 0.418 e. The summed E-state index contributed by atoms with van der Waals surface area (Å²) in [6.07, 6.45) is -3.83. The number of hydrogen-bond donors (Lipinski definition) is 6. The van der Waals surface area contributed by atoms with E-state index in [1.165, 1.54) is 30.3 Å². The fourth-order valence-electron chi connectivity index (χ4n) is 5.39. The Morgan fingerprint density at radius 1 is 1.11 bits per heavy atom. The molecule has 7 N–H and O–H groups in total. The number of hydrogen-bond acceptors (Lipinski definition) is 4. The molecule has 2 aromatic carbocycles. The van der Waals surface area contributed by atoms with Gasteiger partial charge in [0, 0.05) is 24.0 Å². The summed E-state index contributed by atoms with van der Waals surface area (Å²) in [6.45, 7) is 3.36. The monoisotopic (exact) mass is 634 g/mol. The number of aromatic nitrogens is 1. The van der Waals surface area contributed by atoms with E-state index in [-0.39, 0.29) is 42.2 Å². The summed E-state index contributed by atoms with van der Waals surface area (Å²) in [7, 11) is 0. The van der Waals surface area contributed by atoms with Gasteiger partial charge in [-0.1, -0.05) is 56.8 Å². The molecule has 0 bridgehead atoms. The molecule has 0 saturated heterocycles. The molecular weight excluding hydrogens is 600 g/mol. The number of benzene rings is 2. The number of thiocarbonyl (C=S) groups is 1. The van der Waals surface area contributed by atoms with Crippen molar-refractivity contribution in [2.24, 2.45) is 11.7 Å². The lowest BCUT2D eigenvalue weighted by molar-refractivity contribution is -0.136. The van der Waals surface area contributed by atoms with Gasteiger partial charge >= 0.3 is 12.2 Å². The van der Waals surface area contributed by atoms with Gasteiger partial charge in [0.15, 0.2) is 0 Å². The van der Waals surface area contributed by atoms with Gasteiger partial charge in [0.25, 0.3) is 0 Å². The molecule has 2 unspecified atom stereocenters. The van der Waals surface area contributed by atoms with Crippen LogP contribution in [-0.2, 0) is 35.2 Å². The Labute approximate surface area is 256 Å². The molecule has 4 rings (SSSR count). The normalized spacial score (nSPS) is 17.7. The number of aryl methyl sites for hydroxylation is 1. The smallest absolute Gasteiger partial charge is 0.392 e. The van der Waals surface area contributed by atoms with Crippen LogP contribution >= 0.6 is 12.2 Å².